The minimum Gasteiger partial charge on any atom is -0.444 e. The van der Waals surface area contributed by atoms with Crippen LogP contribution in [-0.4, -0.2) is 44.7 Å². The molecule has 24 heavy (non-hydrogen) atoms. The molecule has 0 spiro atoms. The first-order chi connectivity index (χ1) is 11.2. The SMILES string of the molecule is CC(=O)NNC(=O)c1cc2n(n1)CCCN(C(=O)OC(C)(C)C)C2. The smallest absolute Gasteiger partial charge is 0.410 e. The number of ether oxygens (including phenoxy) is 1. The first kappa shape index (κ1) is 17.8. The molecule has 0 fully saturated rings. The van der Waals surface area contributed by atoms with Crippen molar-refractivity contribution >= 4 is 17.9 Å². The van der Waals surface area contributed by atoms with Crippen LogP contribution < -0.4 is 10.9 Å². The highest BCUT2D eigenvalue weighted by Gasteiger charge is 2.26. The van der Waals surface area contributed by atoms with Gasteiger partial charge < -0.3 is 9.64 Å². The van der Waals surface area contributed by atoms with Crippen LogP contribution in [0.5, 0.6) is 0 Å². The number of carbonyl (C=O) groups is 3. The topological polar surface area (TPSA) is 106 Å². The predicted molar refractivity (Wildman–Crippen MR) is 84.8 cm³/mol. The van der Waals surface area contributed by atoms with E-state index in [4.69, 9.17) is 4.74 Å². The lowest BCUT2D eigenvalue weighted by Crippen LogP contribution is -2.40. The Labute approximate surface area is 140 Å². The maximum absolute atomic E-state index is 12.2. The van der Waals surface area contributed by atoms with E-state index in [1.807, 2.05) is 20.8 Å². The van der Waals surface area contributed by atoms with Crippen molar-refractivity contribution in [3.63, 3.8) is 0 Å². The zero-order chi connectivity index (χ0) is 17.9. The zero-order valence-corrected chi connectivity index (χ0v) is 14.4. The second kappa shape index (κ2) is 6.90. The largest absolute Gasteiger partial charge is 0.444 e. The molecule has 0 saturated heterocycles. The number of nitrogens with zero attached hydrogens (tertiary/aromatic N) is 3. The third kappa shape index (κ3) is 4.71. The Hall–Kier alpha value is -2.58. The number of fused-ring (bicyclic) bond motifs is 1. The number of hydrogen-bond acceptors (Lipinski definition) is 5. The van der Waals surface area contributed by atoms with Crippen LogP contribution in [0.25, 0.3) is 0 Å². The highest BCUT2D eigenvalue weighted by Crippen LogP contribution is 2.17. The van der Waals surface area contributed by atoms with Crippen molar-refractivity contribution in [1.82, 2.24) is 25.5 Å². The van der Waals surface area contributed by atoms with Gasteiger partial charge in [0.15, 0.2) is 5.69 Å². The van der Waals surface area contributed by atoms with Gasteiger partial charge >= 0.3 is 6.09 Å². The number of hydrazine groups is 1. The fourth-order valence-electron chi connectivity index (χ4n) is 2.26. The van der Waals surface area contributed by atoms with Crippen LogP contribution in [0.4, 0.5) is 4.79 Å². The lowest BCUT2D eigenvalue weighted by Gasteiger charge is -2.26. The van der Waals surface area contributed by atoms with Gasteiger partial charge in [-0.15, -0.1) is 0 Å². The zero-order valence-electron chi connectivity index (χ0n) is 14.4. The van der Waals surface area contributed by atoms with Crippen LogP contribution in [0, 0.1) is 0 Å². The second-order valence-corrected chi connectivity index (χ2v) is 6.63. The monoisotopic (exact) mass is 337 g/mol. The van der Waals surface area contributed by atoms with Gasteiger partial charge in [-0.05, 0) is 33.3 Å². The molecule has 132 valence electrons. The molecule has 1 aromatic rings. The van der Waals surface area contributed by atoms with Gasteiger partial charge in [0, 0.05) is 20.0 Å². The van der Waals surface area contributed by atoms with Crippen LogP contribution in [0.3, 0.4) is 0 Å². The summed E-state index contributed by atoms with van der Waals surface area (Å²) >= 11 is 0. The summed E-state index contributed by atoms with van der Waals surface area (Å²) in [5.74, 6) is -0.880. The number of hydrogen-bond donors (Lipinski definition) is 2. The number of carbonyl (C=O) groups excluding carboxylic acids is 3. The maximum Gasteiger partial charge on any atom is 0.410 e. The van der Waals surface area contributed by atoms with E-state index in [1.165, 1.54) is 6.92 Å². The van der Waals surface area contributed by atoms with E-state index < -0.39 is 11.5 Å². The lowest BCUT2D eigenvalue weighted by atomic mass is 10.2. The van der Waals surface area contributed by atoms with E-state index in [0.29, 0.717) is 26.1 Å². The van der Waals surface area contributed by atoms with Crippen molar-refractivity contribution < 1.29 is 19.1 Å². The quantitative estimate of drug-likeness (QED) is 0.738. The van der Waals surface area contributed by atoms with Crippen LogP contribution in [0.15, 0.2) is 6.07 Å². The second-order valence-electron chi connectivity index (χ2n) is 6.63. The number of nitrogens with one attached hydrogen (secondary N) is 2. The first-order valence-electron chi connectivity index (χ1n) is 7.77. The maximum atomic E-state index is 12.2. The van der Waals surface area contributed by atoms with E-state index in [2.05, 4.69) is 16.0 Å². The summed E-state index contributed by atoms with van der Waals surface area (Å²) in [6.45, 7) is 8.22. The Morgan fingerprint density at radius 1 is 1.21 bits per heavy atom. The van der Waals surface area contributed by atoms with Gasteiger partial charge in [-0.2, -0.15) is 5.10 Å². The molecule has 9 heteroatoms. The molecule has 2 heterocycles. The molecule has 0 radical (unpaired) electrons. The lowest BCUT2D eigenvalue weighted by molar-refractivity contribution is -0.119. The summed E-state index contributed by atoms with van der Waals surface area (Å²) in [4.78, 5) is 36.6. The molecule has 0 aliphatic carbocycles. The van der Waals surface area contributed by atoms with Gasteiger partial charge in [-0.3, -0.25) is 25.1 Å². The van der Waals surface area contributed by atoms with Crippen LogP contribution in [0.1, 0.15) is 50.3 Å². The molecule has 0 atom stereocenters. The average molecular weight is 337 g/mol. The van der Waals surface area contributed by atoms with Gasteiger partial charge in [0.05, 0.1) is 12.2 Å². The van der Waals surface area contributed by atoms with Gasteiger partial charge in [-0.1, -0.05) is 0 Å². The van der Waals surface area contributed by atoms with E-state index >= 15 is 0 Å². The van der Waals surface area contributed by atoms with Gasteiger partial charge in [-0.25, -0.2) is 4.79 Å². The highest BCUT2D eigenvalue weighted by molar-refractivity contribution is 5.93. The molecule has 9 nitrogen and oxygen atoms in total. The summed E-state index contributed by atoms with van der Waals surface area (Å²) in [5.41, 5.74) is 4.85. The number of amides is 3. The molecule has 1 aliphatic heterocycles. The molecule has 1 aliphatic rings. The summed E-state index contributed by atoms with van der Waals surface area (Å²) in [6.07, 6.45) is 0.321. The van der Waals surface area contributed by atoms with Gasteiger partial charge in [0.2, 0.25) is 5.91 Å². The van der Waals surface area contributed by atoms with Crippen molar-refractivity contribution in [2.45, 2.75) is 52.8 Å². The summed E-state index contributed by atoms with van der Waals surface area (Å²) in [7, 11) is 0. The molecule has 3 amide bonds. The van der Waals surface area contributed by atoms with E-state index in [9.17, 15) is 14.4 Å². The van der Waals surface area contributed by atoms with Crippen molar-refractivity contribution in [2.75, 3.05) is 6.54 Å². The number of aryl methyl sites for hydroxylation is 1. The molecule has 2 rings (SSSR count). The summed E-state index contributed by atoms with van der Waals surface area (Å²) in [6, 6.07) is 1.61. The van der Waals surface area contributed by atoms with Gasteiger partial charge in [0.25, 0.3) is 5.91 Å². The van der Waals surface area contributed by atoms with Crippen molar-refractivity contribution in [3.05, 3.63) is 17.5 Å². The molecule has 1 aromatic heterocycles. The van der Waals surface area contributed by atoms with Gasteiger partial charge in [0.1, 0.15) is 5.60 Å². The average Bonchev–Trinajstić information content (AvgIpc) is 2.74. The van der Waals surface area contributed by atoms with E-state index in [-0.39, 0.29) is 17.7 Å². The van der Waals surface area contributed by atoms with Crippen LogP contribution >= 0.6 is 0 Å². The third-order valence-corrected chi connectivity index (χ3v) is 3.25. The molecule has 0 bridgehead atoms. The number of rotatable bonds is 1. The van der Waals surface area contributed by atoms with Crippen molar-refractivity contribution in [3.8, 4) is 0 Å². The molecule has 2 N–H and O–H groups in total. The third-order valence-electron chi connectivity index (χ3n) is 3.25. The van der Waals surface area contributed by atoms with Crippen molar-refractivity contribution in [2.24, 2.45) is 0 Å². The minimum atomic E-state index is -0.562. The standard InChI is InChI=1S/C15H23N5O4/c1-10(21)16-17-13(22)12-8-11-9-19(6-5-7-20(11)18-12)14(23)24-15(2,3)4/h8H,5-7,9H2,1-4H3,(H,16,21)(H,17,22). The summed E-state index contributed by atoms with van der Waals surface area (Å²) < 4.78 is 7.10. The van der Waals surface area contributed by atoms with Crippen molar-refractivity contribution in [1.29, 1.82) is 0 Å². The van der Waals surface area contributed by atoms with E-state index in [1.54, 1.807) is 15.6 Å². The molecular weight excluding hydrogens is 314 g/mol. The van der Waals surface area contributed by atoms with Crippen LogP contribution in [-0.2, 0) is 22.6 Å². The number of aromatic nitrogens is 2. The Kier molecular flexibility index (Phi) is 5.10. The molecule has 0 unspecified atom stereocenters. The Bertz CT molecular complexity index is 647. The molecular formula is C15H23N5O4. The predicted octanol–water partition coefficient (Wildman–Crippen LogP) is 0.805. The fraction of sp³-hybridized carbons (Fsp3) is 0.600. The summed E-state index contributed by atoms with van der Waals surface area (Å²) in [5, 5.41) is 4.23. The Balaban J connectivity index is 2.09. The normalized spacial score (nSPS) is 14.4. The minimum absolute atomic E-state index is 0.185. The first-order valence-corrected chi connectivity index (χ1v) is 7.77. The Morgan fingerprint density at radius 3 is 2.54 bits per heavy atom. The highest BCUT2D eigenvalue weighted by atomic mass is 16.6. The van der Waals surface area contributed by atoms with E-state index in [0.717, 1.165) is 5.69 Å². The fourth-order valence-corrected chi connectivity index (χ4v) is 2.26. The van der Waals surface area contributed by atoms with Crippen LogP contribution in [0.2, 0.25) is 0 Å². The Morgan fingerprint density at radius 2 is 1.92 bits per heavy atom. The molecule has 0 aromatic carbocycles. The molecule has 0 saturated carbocycles.